The van der Waals surface area contributed by atoms with Gasteiger partial charge in [-0.1, -0.05) is 47.5 Å². The first-order valence-electron chi connectivity index (χ1n) is 11.0. The van der Waals surface area contributed by atoms with Crippen LogP contribution < -0.4 is 19.7 Å². The van der Waals surface area contributed by atoms with E-state index in [0.717, 1.165) is 46.4 Å². The van der Waals surface area contributed by atoms with E-state index in [9.17, 15) is 0 Å². The first-order chi connectivity index (χ1) is 15.6. The van der Waals surface area contributed by atoms with Gasteiger partial charge in [-0.25, -0.2) is 0 Å². The normalized spacial score (nSPS) is 13.7. The molecule has 1 heterocycles. The van der Waals surface area contributed by atoms with E-state index in [1.54, 1.807) is 7.11 Å². The lowest BCUT2D eigenvalue weighted by molar-refractivity contribution is 0.281. The largest absolute Gasteiger partial charge is 0.493 e. The van der Waals surface area contributed by atoms with Crippen LogP contribution in [0.3, 0.4) is 0 Å². The molecule has 3 aromatic rings. The molecule has 32 heavy (non-hydrogen) atoms. The van der Waals surface area contributed by atoms with Gasteiger partial charge >= 0.3 is 0 Å². The van der Waals surface area contributed by atoms with Crippen LogP contribution in [0.2, 0.25) is 10.0 Å². The van der Waals surface area contributed by atoms with E-state index in [-0.39, 0.29) is 0 Å². The van der Waals surface area contributed by atoms with E-state index < -0.39 is 0 Å². The predicted octanol–water partition coefficient (Wildman–Crippen LogP) is 7.18. The molecule has 0 atom stereocenters. The van der Waals surface area contributed by atoms with Crippen molar-refractivity contribution in [3.05, 3.63) is 81.8 Å². The number of nitrogens with one attached hydrogen (secondary N) is 1. The Morgan fingerprint density at radius 1 is 0.938 bits per heavy atom. The van der Waals surface area contributed by atoms with Crippen molar-refractivity contribution in [1.29, 1.82) is 0 Å². The van der Waals surface area contributed by atoms with Crippen molar-refractivity contribution in [2.45, 2.75) is 32.4 Å². The molecule has 1 N–H and O–H groups in total. The predicted molar refractivity (Wildman–Crippen MR) is 134 cm³/mol. The molecule has 0 bridgehead atoms. The summed E-state index contributed by atoms with van der Waals surface area (Å²) in [4.78, 5) is 2.37. The minimum absolute atomic E-state index is 0.407. The van der Waals surface area contributed by atoms with Gasteiger partial charge in [0.1, 0.15) is 6.61 Å². The topological polar surface area (TPSA) is 33.7 Å². The van der Waals surface area contributed by atoms with Crippen LogP contribution in [-0.2, 0) is 13.2 Å². The van der Waals surface area contributed by atoms with Gasteiger partial charge in [0.05, 0.1) is 17.8 Å². The van der Waals surface area contributed by atoms with E-state index >= 15 is 0 Å². The number of nitrogens with zero attached hydrogens (tertiary/aromatic N) is 1. The van der Waals surface area contributed by atoms with Crippen molar-refractivity contribution in [3.8, 4) is 11.5 Å². The maximum Gasteiger partial charge on any atom is 0.166 e. The quantitative estimate of drug-likeness (QED) is 0.377. The summed E-state index contributed by atoms with van der Waals surface area (Å²) in [6.07, 6.45) is 3.75. The fourth-order valence-electron chi connectivity index (χ4n) is 4.01. The van der Waals surface area contributed by atoms with Crippen LogP contribution in [0.1, 0.15) is 30.4 Å². The summed E-state index contributed by atoms with van der Waals surface area (Å²) >= 11 is 12.7. The van der Waals surface area contributed by atoms with Crippen LogP contribution in [0.25, 0.3) is 0 Å². The Morgan fingerprint density at radius 2 is 1.75 bits per heavy atom. The molecule has 0 aromatic heterocycles. The second kappa shape index (κ2) is 10.8. The van der Waals surface area contributed by atoms with Crippen molar-refractivity contribution in [2.75, 3.05) is 30.4 Å². The van der Waals surface area contributed by atoms with Crippen LogP contribution in [0, 0.1) is 0 Å². The molecular formula is C26H28Cl2N2O2. The highest BCUT2D eigenvalue weighted by Crippen LogP contribution is 2.34. The average Bonchev–Trinajstić information content (AvgIpc) is 2.82. The molecule has 1 fully saturated rings. The summed E-state index contributed by atoms with van der Waals surface area (Å²) in [6.45, 7) is 3.14. The van der Waals surface area contributed by atoms with E-state index in [2.05, 4.69) is 22.3 Å². The van der Waals surface area contributed by atoms with Crippen LogP contribution in [0.4, 0.5) is 11.4 Å². The average molecular weight is 471 g/mol. The summed E-state index contributed by atoms with van der Waals surface area (Å²) in [5.41, 5.74) is 4.09. The standard InChI is InChI=1S/C26H28Cl2N2O2/c1-31-25-10-6-8-20(26(25)32-18-19-7-5-9-21(27)15-19)17-29-22-11-12-24(23(28)16-22)30-13-3-2-4-14-30/h5-12,15-16,29H,2-4,13-14,17-18H2,1H3. The van der Waals surface area contributed by atoms with Crippen LogP contribution >= 0.6 is 23.2 Å². The number of halogens is 2. The van der Waals surface area contributed by atoms with Crippen LogP contribution in [-0.4, -0.2) is 20.2 Å². The van der Waals surface area contributed by atoms with Crippen molar-refractivity contribution in [2.24, 2.45) is 0 Å². The lowest BCUT2D eigenvalue weighted by atomic mass is 10.1. The third kappa shape index (κ3) is 5.62. The Bertz CT molecular complexity index is 1050. The molecule has 0 aliphatic carbocycles. The molecule has 168 valence electrons. The number of para-hydroxylation sites is 1. The third-order valence-electron chi connectivity index (χ3n) is 5.68. The molecule has 0 unspecified atom stereocenters. The highest BCUT2D eigenvalue weighted by molar-refractivity contribution is 6.33. The molecule has 0 saturated carbocycles. The highest BCUT2D eigenvalue weighted by atomic mass is 35.5. The molecule has 1 aliphatic heterocycles. The number of benzene rings is 3. The second-order valence-electron chi connectivity index (χ2n) is 7.93. The first kappa shape index (κ1) is 22.6. The molecule has 6 heteroatoms. The fourth-order valence-corrected chi connectivity index (χ4v) is 4.53. The van der Waals surface area contributed by atoms with E-state index in [1.807, 2.05) is 48.5 Å². The van der Waals surface area contributed by atoms with Gasteiger partial charge in [-0.2, -0.15) is 0 Å². The molecule has 3 aromatic carbocycles. The molecule has 1 aliphatic rings. The smallest absolute Gasteiger partial charge is 0.166 e. The van der Waals surface area contributed by atoms with E-state index in [1.165, 1.54) is 19.3 Å². The fraction of sp³-hybridized carbons (Fsp3) is 0.308. The molecule has 0 spiro atoms. The molecule has 1 saturated heterocycles. The minimum Gasteiger partial charge on any atom is -0.493 e. The number of hydrogen-bond donors (Lipinski definition) is 1. The first-order valence-corrected chi connectivity index (χ1v) is 11.7. The number of rotatable bonds is 8. The van der Waals surface area contributed by atoms with Crippen LogP contribution in [0.5, 0.6) is 11.5 Å². The highest BCUT2D eigenvalue weighted by Gasteiger charge is 2.15. The Kier molecular flexibility index (Phi) is 7.67. The van der Waals surface area contributed by atoms with E-state index in [0.29, 0.717) is 23.9 Å². The monoisotopic (exact) mass is 470 g/mol. The van der Waals surface area contributed by atoms with Gasteiger partial charge in [-0.05, 0) is 61.2 Å². The molecule has 4 rings (SSSR count). The van der Waals surface area contributed by atoms with Crippen molar-refractivity contribution in [3.63, 3.8) is 0 Å². The molecule has 0 radical (unpaired) electrons. The maximum atomic E-state index is 6.62. The minimum atomic E-state index is 0.407. The zero-order chi connectivity index (χ0) is 22.3. The van der Waals surface area contributed by atoms with Crippen molar-refractivity contribution < 1.29 is 9.47 Å². The lowest BCUT2D eigenvalue weighted by Crippen LogP contribution is -2.29. The number of piperidine rings is 1. The lowest BCUT2D eigenvalue weighted by Gasteiger charge is -2.29. The molecule has 4 nitrogen and oxygen atoms in total. The summed E-state index contributed by atoms with van der Waals surface area (Å²) in [7, 11) is 1.65. The number of anilines is 2. The van der Waals surface area contributed by atoms with Gasteiger partial charge in [0.15, 0.2) is 11.5 Å². The van der Waals surface area contributed by atoms with Gasteiger partial charge in [0.2, 0.25) is 0 Å². The Hall–Kier alpha value is -2.56. The summed E-state index contributed by atoms with van der Waals surface area (Å²) in [5.74, 6) is 1.42. The number of methoxy groups -OCH3 is 1. The zero-order valence-electron chi connectivity index (χ0n) is 18.2. The SMILES string of the molecule is COc1cccc(CNc2ccc(N3CCCCC3)c(Cl)c2)c1OCc1cccc(Cl)c1. The molecule has 0 amide bonds. The van der Waals surface area contributed by atoms with Gasteiger partial charge in [0, 0.05) is 35.9 Å². The van der Waals surface area contributed by atoms with Crippen molar-refractivity contribution in [1.82, 2.24) is 0 Å². The summed E-state index contributed by atoms with van der Waals surface area (Å²) in [5, 5.41) is 4.94. The summed E-state index contributed by atoms with van der Waals surface area (Å²) in [6, 6.07) is 19.8. The Balaban J connectivity index is 1.46. The van der Waals surface area contributed by atoms with Gasteiger partial charge in [-0.15, -0.1) is 0 Å². The zero-order valence-corrected chi connectivity index (χ0v) is 19.8. The Morgan fingerprint density at radius 3 is 2.50 bits per heavy atom. The van der Waals surface area contributed by atoms with E-state index in [4.69, 9.17) is 32.7 Å². The number of ether oxygens (including phenoxy) is 2. The maximum absolute atomic E-state index is 6.62. The number of hydrogen-bond acceptors (Lipinski definition) is 4. The molecular weight excluding hydrogens is 443 g/mol. The van der Waals surface area contributed by atoms with Gasteiger partial charge in [0.25, 0.3) is 0 Å². The van der Waals surface area contributed by atoms with Crippen molar-refractivity contribution >= 4 is 34.6 Å². The van der Waals surface area contributed by atoms with Crippen LogP contribution in [0.15, 0.2) is 60.7 Å². The van der Waals surface area contributed by atoms with Gasteiger partial charge in [-0.3, -0.25) is 0 Å². The second-order valence-corrected chi connectivity index (χ2v) is 8.78. The Labute approximate surface area is 200 Å². The third-order valence-corrected chi connectivity index (χ3v) is 6.22. The van der Waals surface area contributed by atoms with Gasteiger partial charge < -0.3 is 19.7 Å². The summed E-state index contributed by atoms with van der Waals surface area (Å²) < 4.78 is 11.7.